The summed E-state index contributed by atoms with van der Waals surface area (Å²) in [5.74, 6) is 0.761. The normalized spacial score (nSPS) is 28.3. The van der Waals surface area contributed by atoms with Gasteiger partial charge in [0.2, 0.25) is 0 Å². The van der Waals surface area contributed by atoms with Crippen LogP contribution in [0.2, 0.25) is 0 Å². The highest BCUT2D eigenvalue weighted by Crippen LogP contribution is 2.27. The number of nitrogens with zero attached hydrogens (tertiary/aromatic N) is 3. The third-order valence-corrected chi connectivity index (χ3v) is 5.02. The van der Waals surface area contributed by atoms with E-state index in [-0.39, 0.29) is 0 Å². The first-order valence-electron chi connectivity index (χ1n) is 8.85. The molecule has 0 radical (unpaired) electrons. The van der Waals surface area contributed by atoms with E-state index in [0.717, 1.165) is 25.1 Å². The molecule has 0 atom stereocenters. The Labute approximate surface area is 131 Å². The lowest BCUT2D eigenvalue weighted by atomic mass is 9.87. The van der Waals surface area contributed by atoms with Gasteiger partial charge in [0, 0.05) is 45.3 Å². The maximum Gasteiger partial charge on any atom is 0.0605 e. The summed E-state index contributed by atoms with van der Waals surface area (Å²) in [5, 5.41) is 0. The van der Waals surface area contributed by atoms with Crippen LogP contribution in [0.15, 0.2) is 0 Å². The van der Waals surface area contributed by atoms with E-state index in [4.69, 9.17) is 4.74 Å². The number of piperazine rings is 1. The Balaban J connectivity index is 1.50. The number of hydrogen-bond acceptors (Lipinski definition) is 4. The van der Waals surface area contributed by atoms with Crippen molar-refractivity contribution in [2.75, 3.05) is 59.5 Å². The molecule has 0 spiro atoms. The molecule has 2 rings (SSSR count). The van der Waals surface area contributed by atoms with Gasteiger partial charge >= 0.3 is 0 Å². The predicted molar refractivity (Wildman–Crippen MR) is 88.8 cm³/mol. The summed E-state index contributed by atoms with van der Waals surface area (Å²) in [6.07, 6.45) is 2.97. The van der Waals surface area contributed by atoms with Crippen LogP contribution < -0.4 is 0 Å². The second-order valence-corrected chi connectivity index (χ2v) is 7.23. The molecule has 1 aliphatic heterocycles. The SMILES string of the molecule is CCN1CCN(CCOC2CC(N(C)CC(C)C)C2)CC1. The van der Waals surface area contributed by atoms with Crippen LogP contribution >= 0.6 is 0 Å². The highest BCUT2D eigenvalue weighted by atomic mass is 16.5. The molecular weight excluding hydrogens is 262 g/mol. The molecule has 0 bridgehead atoms. The summed E-state index contributed by atoms with van der Waals surface area (Å²) in [6.45, 7) is 16.1. The van der Waals surface area contributed by atoms with E-state index < -0.39 is 0 Å². The van der Waals surface area contributed by atoms with Gasteiger partial charge < -0.3 is 14.5 Å². The van der Waals surface area contributed by atoms with Crippen LogP contribution in [0.3, 0.4) is 0 Å². The summed E-state index contributed by atoms with van der Waals surface area (Å²) in [4.78, 5) is 7.58. The minimum atomic E-state index is 0.515. The molecule has 0 amide bonds. The summed E-state index contributed by atoms with van der Waals surface area (Å²) >= 11 is 0. The minimum Gasteiger partial charge on any atom is -0.377 e. The number of rotatable bonds is 8. The van der Waals surface area contributed by atoms with Crippen molar-refractivity contribution < 1.29 is 4.74 Å². The first-order valence-corrected chi connectivity index (χ1v) is 8.85. The third-order valence-electron chi connectivity index (χ3n) is 5.02. The van der Waals surface area contributed by atoms with Gasteiger partial charge in [0.1, 0.15) is 0 Å². The van der Waals surface area contributed by atoms with Crippen molar-refractivity contribution in [3.63, 3.8) is 0 Å². The van der Waals surface area contributed by atoms with Crippen molar-refractivity contribution in [2.45, 2.75) is 45.8 Å². The van der Waals surface area contributed by atoms with E-state index in [9.17, 15) is 0 Å². The van der Waals surface area contributed by atoms with Crippen LogP contribution in [-0.4, -0.2) is 86.3 Å². The van der Waals surface area contributed by atoms with Crippen molar-refractivity contribution in [1.29, 1.82) is 0 Å². The van der Waals surface area contributed by atoms with Gasteiger partial charge in [-0.2, -0.15) is 0 Å². The van der Waals surface area contributed by atoms with Crippen LogP contribution in [0.25, 0.3) is 0 Å². The summed E-state index contributed by atoms with van der Waals surface area (Å²) in [5.41, 5.74) is 0. The Morgan fingerprint density at radius 2 is 1.71 bits per heavy atom. The highest BCUT2D eigenvalue weighted by molar-refractivity contribution is 4.87. The Kier molecular flexibility index (Phi) is 6.93. The molecule has 2 fully saturated rings. The third kappa shape index (κ3) is 5.51. The van der Waals surface area contributed by atoms with Gasteiger partial charge in [-0.15, -0.1) is 0 Å². The van der Waals surface area contributed by atoms with Crippen LogP contribution in [0.1, 0.15) is 33.6 Å². The van der Waals surface area contributed by atoms with Gasteiger partial charge in [-0.1, -0.05) is 20.8 Å². The van der Waals surface area contributed by atoms with Crippen molar-refractivity contribution in [3.8, 4) is 0 Å². The van der Waals surface area contributed by atoms with Crippen molar-refractivity contribution in [3.05, 3.63) is 0 Å². The number of likely N-dealkylation sites (N-methyl/N-ethyl adjacent to an activating group) is 1. The molecule has 2 aliphatic rings. The molecule has 1 heterocycles. The van der Waals surface area contributed by atoms with Gasteiger partial charge in [0.05, 0.1) is 12.7 Å². The smallest absolute Gasteiger partial charge is 0.0605 e. The molecule has 0 aromatic rings. The van der Waals surface area contributed by atoms with E-state index in [0.29, 0.717) is 6.10 Å². The minimum absolute atomic E-state index is 0.515. The first-order chi connectivity index (χ1) is 10.1. The standard InChI is InChI=1S/C17H35N3O/c1-5-19-6-8-20(9-7-19)10-11-21-17-12-16(13-17)18(4)14-15(2)3/h15-17H,5-14H2,1-4H3. The van der Waals surface area contributed by atoms with Gasteiger partial charge in [-0.25, -0.2) is 0 Å². The Bertz CT molecular complexity index is 284. The molecule has 0 aromatic carbocycles. The molecule has 21 heavy (non-hydrogen) atoms. The zero-order valence-electron chi connectivity index (χ0n) is 14.6. The lowest BCUT2D eigenvalue weighted by molar-refractivity contribution is -0.0541. The van der Waals surface area contributed by atoms with E-state index in [2.05, 4.69) is 42.5 Å². The average Bonchev–Trinajstić information content (AvgIpc) is 2.41. The lowest BCUT2D eigenvalue weighted by Crippen LogP contribution is -2.49. The van der Waals surface area contributed by atoms with Gasteiger partial charge in [0.15, 0.2) is 0 Å². The molecule has 0 aromatic heterocycles. The maximum atomic E-state index is 6.04. The van der Waals surface area contributed by atoms with Crippen LogP contribution in [0.4, 0.5) is 0 Å². The number of ether oxygens (including phenoxy) is 1. The van der Waals surface area contributed by atoms with Gasteiger partial charge in [-0.05, 0) is 32.4 Å². The molecule has 0 N–H and O–H groups in total. The lowest BCUT2D eigenvalue weighted by Gasteiger charge is -2.42. The fraction of sp³-hybridized carbons (Fsp3) is 1.00. The topological polar surface area (TPSA) is 19.0 Å². The van der Waals surface area contributed by atoms with Crippen LogP contribution in [-0.2, 0) is 4.74 Å². The second-order valence-electron chi connectivity index (χ2n) is 7.23. The zero-order chi connectivity index (χ0) is 15.2. The molecule has 4 nitrogen and oxygen atoms in total. The van der Waals surface area contributed by atoms with Gasteiger partial charge in [0.25, 0.3) is 0 Å². The number of hydrogen-bond donors (Lipinski definition) is 0. The quantitative estimate of drug-likeness (QED) is 0.679. The van der Waals surface area contributed by atoms with Crippen LogP contribution in [0, 0.1) is 5.92 Å². The van der Waals surface area contributed by atoms with Crippen molar-refractivity contribution >= 4 is 0 Å². The molecule has 1 saturated heterocycles. The molecular formula is C17H35N3O. The average molecular weight is 297 g/mol. The Morgan fingerprint density at radius 3 is 2.29 bits per heavy atom. The second kappa shape index (κ2) is 8.47. The fourth-order valence-corrected chi connectivity index (χ4v) is 3.44. The van der Waals surface area contributed by atoms with Crippen molar-refractivity contribution in [2.24, 2.45) is 5.92 Å². The van der Waals surface area contributed by atoms with Crippen molar-refractivity contribution in [1.82, 2.24) is 14.7 Å². The van der Waals surface area contributed by atoms with E-state index in [1.807, 2.05) is 0 Å². The molecule has 1 saturated carbocycles. The Morgan fingerprint density at radius 1 is 1.10 bits per heavy atom. The fourth-order valence-electron chi connectivity index (χ4n) is 3.44. The highest BCUT2D eigenvalue weighted by Gasteiger charge is 2.32. The maximum absolute atomic E-state index is 6.04. The monoisotopic (exact) mass is 297 g/mol. The van der Waals surface area contributed by atoms with E-state index in [1.165, 1.54) is 52.1 Å². The summed E-state index contributed by atoms with van der Waals surface area (Å²) < 4.78 is 6.04. The molecule has 1 aliphatic carbocycles. The Hall–Kier alpha value is -0.160. The molecule has 0 unspecified atom stereocenters. The summed E-state index contributed by atoms with van der Waals surface area (Å²) in [6, 6.07) is 0.755. The molecule has 4 heteroatoms. The summed E-state index contributed by atoms with van der Waals surface area (Å²) in [7, 11) is 2.26. The predicted octanol–water partition coefficient (Wildman–Crippen LogP) is 1.76. The van der Waals surface area contributed by atoms with E-state index >= 15 is 0 Å². The zero-order valence-corrected chi connectivity index (χ0v) is 14.6. The first kappa shape index (κ1) is 17.2. The largest absolute Gasteiger partial charge is 0.377 e. The molecule has 124 valence electrons. The van der Waals surface area contributed by atoms with Crippen LogP contribution in [0.5, 0.6) is 0 Å². The van der Waals surface area contributed by atoms with E-state index in [1.54, 1.807) is 0 Å². The van der Waals surface area contributed by atoms with Gasteiger partial charge in [-0.3, -0.25) is 4.90 Å².